The van der Waals surface area contributed by atoms with Crippen molar-refractivity contribution >= 4 is 5.78 Å². The maximum absolute atomic E-state index is 11.6. The molecule has 1 aromatic carbocycles. The Bertz CT molecular complexity index is 406. The number of nitrogens with zero attached hydrogens (tertiary/aromatic N) is 1. The van der Waals surface area contributed by atoms with Crippen LogP contribution in [0.3, 0.4) is 0 Å². The van der Waals surface area contributed by atoms with Crippen molar-refractivity contribution in [3.05, 3.63) is 29.8 Å². The van der Waals surface area contributed by atoms with Crippen molar-refractivity contribution < 1.29 is 9.53 Å². The van der Waals surface area contributed by atoms with E-state index >= 15 is 0 Å². The first-order valence-corrected chi connectivity index (χ1v) is 4.47. The molecule has 0 fully saturated rings. The van der Waals surface area contributed by atoms with Gasteiger partial charge in [0, 0.05) is 6.42 Å². The molecular weight excluding hydrogens is 178 g/mol. The highest BCUT2D eigenvalue weighted by atomic mass is 16.5. The maximum atomic E-state index is 11.6. The monoisotopic (exact) mass is 187 g/mol. The number of hydrogen-bond acceptors (Lipinski definition) is 3. The minimum absolute atomic E-state index is 0.0621. The minimum Gasteiger partial charge on any atom is -0.488 e. The summed E-state index contributed by atoms with van der Waals surface area (Å²) in [7, 11) is 0. The summed E-state index contributed by atoms with van der Waals surface area (Å²) in [6, 6.07) is 9.15. The van der Waals surface area contributed by atoms with Gasteiger partial charge in [-0.2, -0.15) is 5.26 Å². The Balaban J connectivity index is 2.30. The fraction of sp³-hybridized carbons (Fsp3) is 0.273. The molecule has 0 bridgehead atoms. The van der Waals surface area contributed by atoms with E-state index in [4.69, 9.17) is 10.00 Å². The van der Waals surface area contributed by atoms with E-state index in [1.54, 1.807) is 12.1 Å². The Hall–Kier alpha value is -1.82. The molecule has 1 heterocycles. The summed E-state index contributed by atoms with van der Waals surface area (Å²) in [6.07, 6.45) is 0.298. The lowest BCUT2D eigenvalue weighted by atomic mass is 9.99. The standard InChI is InChI=1S/C11H9NO2/c12-6-5-8-7-10(13)9-3-1-2-4-11(9)14-8/h1-4,8H,5,7H2. The third-order valence-electron chi connectivity index (χ3n) is 2.21. The Morgan fingerprint density at radius 1 is 1.50 bits per heavy atom. The second-order valence-corrected chi connectivity index (χ2v) is 3.23. The first-order valence-electron chi connectivity index (χ1n) is 4.47. The number of ether oxygens (including phenoxy) is 1. The molecule has 2 rings (SSSR count). The molecular formula is C11H9NO2. The molecule has 14 heavy (non-hydrogen) atoms. The number of ketones is 1. The van der Waals surface area contributed by atoms with Crippen LogP contribution in [0.4, 0.5) is 0 Å². The van der Waals surface area contributed by atoms with E-state index in [1.807, 2.05) is 18.2 Å². The minimum atomic E-state index is -0.276. The highest BCUT2D eigenvalue weighted by molar-refractivity contribution is 5.99. The van der Waals surface area contributed by atoms with E-state index < -0.39 is 0 Å². The topological polar surface area (TPSA) is 50.1 Å². The molecule has 0 saturated heterocycles. The van der Waals surface area contributed by atoms with Gasteiger partial charge >= 0.3 is 0 Å². The zero-order valence-corrected chi connectivity index (χ0v) is 7.56. The number of carbonyl (C=O) groups is 1. The average molecular weight is 187 g/mol. The quantitative estimate of drug-likeness (QED) is 0.675. The van der Waals surface area contributed by atoms with E-state index in [-0.39, 0.29) is 18.3 Å². The molecule has 0 N–H and O–H groups in total. The summed E-state index contributed by atoms with van der Waals surface area (Å²) in [5.74, 6) is 0.663. The molecule has 0 radical (unpaired) electrons. The molecule has 1 aliphatic rings. The number of nitriles is 1. The molecule has 0 spiro atoms. The van der Waals surface area contributed by atoms with E-state index in [9.17, 15) is 4.79 Å². The third-order valence-corrected chi connectivity index (χ3v) is 2.21. The second kappa shape index (κ2) is 3.51. The van der Waals surface area contributed by atoms with Crippen LogP contribution in [-0.4, -0.2) is 11.9 Å². The van der Waals surface area contributed by atoms with Crippen molar-refractivity contribution in [1.29, 1.82) is 5.26 Å². The second-order valence-electron chi connectivity index (χ2n) is 3.23. The van der Waals surface area contributed by atoms with E-state index in [2.05, 4.69) is 0 Å². The van der Waals surface area contributed by atoms with Gasteiger partial charge in [0.15, 0.2) is 5.78 Å². The van der Waals surface area contributed by atoms with Crippen LogP contribution >= 0.6 is 0 Å². The van der Waals surface area contributed by atoms with Crippen LogP contribution in [0.5, 0.6) is 5.75 Å². The Morgan fingerprint density at radius 3 is 3.07 bits per heavy atom. The molecule has 3 heteroatoms. The maximum Gasteiger partial charge on any atom is 0.170 e. The third kappa shape index (κ3) is 1.47. The van der Waals surface area contributed by atoms with Gasteiger partial charge in [0.2, 0.25) is 0 Å². The average Bonchev–Trinajstić information content (AvgIpc) is 2.18. The van der Waals surface area contributed by atoms with Crippen LogP contribution in [-0.2, 0) is 0 Å². The fourth-order valence-corrected chi connectivity index (χ4v) is 1.55. The summed E-state index contributed by atoms with van der Waals surface area (Å²) in [5, 5.41) is 8.51. The predicted molar refractivity (Wildman–Crippen MR) is 50.0 cm³/mol. The number of Topliss-reactive ketones (excluding diaryl/α,β-unsaturated/α-hetero) is 1. The number of rotatable bonds is 1. The van der Waals surface area contributed by atoms with Gasteiger partial charge < -0.3 is 4.74 Å². The SMILES string of the molecule is N#CCC1CC(=O)c2ccccc2O1. The Labute approximate surface area is 81.9 Å². The number of fused-ring (bicyclic) bond motifs is 1. The van der Waals surface area contributed by atoms with Crippen LogP contribution in [0.25, 0.3) is 0 Å². The summed E-state index contributed by atoms with van der Waals surface area (Å²) in [5.41, 5.74) is 0.627. The van der Waals surface area contributed by atoms with Gasteiger partial charge in [0.05, 0.1) is 18.1 Å². The predicted octanol–water partition coefficient (Wildman–Crippen LogP) is 1.93. The number of hydrogen-bond donors (Lipinski definition) is 0. The van der Waals surface area contributed by atoms with Crippen LogP contribution in [0.15, 0.2) is 24.3 Å². The summed E-state index contributed by atoms with van der Waals surface area (Å²) in [6.45, 7) is 0. The number of carbonyl (C=O) groups excluding carboxylic acids is 1. The van der Waals surface area contributed by atoms with Gasteiger partial charge in [-0.1, -0.05) is 12.1 Å². The normalized spacial score (nSPS) is 19.4. The lowest BCUT2D eigenvalue weighted by Crippen LogP contribution is -2.26. The summed E-state index contributed by atoms with van der Waals surface area (Å²) >= 11 is 0. The zero-order chi connectivity index (χ0) is 9.97. The van der Waals surface area contributed by atoms with Crippen LogP contribution in [0.2, 0.25) is 0 Å². The first kappa shape index (κ1) is 8.76. The van der Waals surface area contributed by atoms with Crippen LogP contribution < -0.4 is 4.74 Å². The molecule has 1 atom stereocenters. The smallest absolute Gasteiger partial charge is 0.170 e. The largest absolute Gasteiger partial charge is 0.488 e. The van der Waals surface area contributed by atoms with Crippen LogP contribution in [0, 0.1) is 11.3 Å². The molecule has 3 nitrogen and oxygen atoms in total. The van der Waals surface area contributed by atoms with Gasteiger partial charge in [-0.15, -0.1) is 0 Å². The Kier molecular flexibility index (Phi) is 2.19. The van der Waals surface area contributed by atoms with Gasteiger partial charge in [-0.25, -0.2) is 0 Å². The lowest BCUT2D eigenvalue weighted by molar-refractivity contribution is 0.0856. The van der Waals surface area contributed by atoms with E-state index in [0.717, 1.165) is 0 Å². The summed E-state index contributed by atoms with van der Waals surface area (Å²) < 4.78 is 5.50. The molecule has 0 saturated carbocycles. The molecule has 0 aromatic heterocycles. The number of benzene rings is 1. The number of para-hydroxylation sites is 1. The van der Waals surface area contributed by atoms with Gasteiger partial charge in [-0.3, -0.25) is 4.79 Å². The lowest BCUT2D eigenvalue weighted by Gasteiger charge is -2.22. The molecule has 0 aliphatic carbocycles. The van der Waals surface area contributed by atoms with Gasteiger partial charge in [-0.05, 0) is 12.1 Å². The van der Waals surface area contributed by atoms with E-state index in [1.165, 1.54) is 0 Å². The van der Waals surface area contributed by atoms with Crippen molar-refractivity contribution in [2.24, 2.45) is 0 Å². The Morgan fingerprint density at radius 2 is 2.29 bits per heavy atom. The first-order chi connectivity index (χ1) is 6.81. The highest BCUT2D eigenvalue weighted by Gasteiger charge is 2.25. The van der Waals surface area contributed by atoms with Gasteiger partial charge in [0.25, 0.3) is 0 Å². The van der Waals surface area contributed by atoms with Crippen molar-refractivity contribution in [3.8, 4) is 11.8 Å². The molecule has 0 amide bonds. The summed E-state index contributed by atoms with van der Waals surface area (Å²) in [4.78, 5) is 11.6. The molecule has 1 aromatic rings. The highest BCUT2D eigenvalue weighted by Crippen LogP contribution is 2.27. The molecule has 1 aliphatic heterocycles. The van der Waals surface area contributed by atoms with E-state index in [0.29, 0.717) is 17.7 Å². The van der Waals surface area contributed by atoms with Crippen molar-refractivity contribution in [2.75, 3.05) is 0 Å². The molecule has 70 valence electrons. The van der Waals surface area contributed by atoms with Crippen molar-refractivity contribution in [2.45, 2.75) is 18.9 Å². The van der Waals surface area contributed by atoms with Crippen molar-refractivity contribution in [1.82, 2.24) is 0 Å². The molecule has 1 unspecified atom stereocenters. The van der Waals surface area contributed by atoms with Crippen LogP contribution in [0.1, 0.15) is 23.2 Å². The van der Waals surface area contributed by atoms with Gasteiger partial charge in [0.1, 0.15) is 11.9 Å². The van der Waals surface area contributed by atoms with Crippen molar-refractivity contribution in [3.63, 3.8) is 0 Å². The fourth-order valence-electron chi connectivity index (χ4n) is 1.55. The zero-order valence-electron chi connectivity index (χ0n) is 7.56.